The Morgan fingerprint density at radius 1 is 1.31 bits per heavy atom. The molecular weight excluding hydrogens is 396 g/mol. The van der Waals surface area contributed by atoms with Crippen LogP contribution in [-0.2, 0) is 16.1 Å². The summed E-state index contributed by atoms with van der Waals surface area (Å²) in [7, 11) is 0. The first-order valence-electron chi connectivity index (χ1n) is 9.48. The summed E-state index contributed by atoms with van der Waals surface area (Å²) in [5.74, 6) is 2.14. The van der Waals surface area contributed by atoms with Crippen LogP contribution in [0.15, 0.2) is 22.8 Å². The minimum absolute atomic E-state index is 0.173. The zero-order valence-corrected chi connectivity index (χ0v) is 17.5. The van der Waals surface area contributed by atoms with Gasteiger partial charge in [0.1, 0.15) is 5.60 Å². The fourth-order valence-corrected chi connectivity index (χ4v) is 3.92. The number of amides is 1. The summed E-state index contributed by atoms with van der Waals surface area (Å²) in [6.07, 6.45) is 5.04. The van der Waals surface area contributed by atoms with E-state index in [1.54, 1.807) is 6.20 Å². The van der Waals surface area contributed by atoms with Crippen molar-refractivity contribution in [2.45, 2.75) is 52.2 Å². The van der Waals surface area contributed by atoms with Crippen LogP contribution in [0.4, 0.5) is 4.79 Å². The van der Waals surface area contributed by atoms with E-state index in [0.29, 0.717) is 18.4 Å². The van der Waals surface area contributed by atoms with Gasteiger partial charge in [-0.15, -0.1) is 0 Å². The standard InChI is InChI=1S/C20H29BrN2O3/c1-20(2,3)26-19(24)23-8-6-14(7-9-23)18-10-15(18)12-25-13-17-5-4-16(21)11-22-17/h4-5,11,14-15,18H,6-10,12-13H2,1-3H3. The molecule has 1 saturated heterocycles. The Hall–Kier alpha value is -1.14. The third kappa shape index (κ3) is 5.68. The Kier molecular flexibility index (Phi) is 6.23. The number of likely N-dealkylation sites (tertiary alicyclic amines) is 1. The van der Waals surface area contributed by atoms with Gasteiger partial charge < -0.3 is 14.4 Å². The molecule has 26 heavy (non-hydrogen) atoms. The number of ether oxygens (including phenoxy) is 2. The van der Waals surface area contributed by atoms with Gasteiger partial charge in [0.25, 0.3) is 0 Å². The Morgan fingerprint density at radius 3 is 2.65 bits per heavy atom. The second-order valence-electron chi connectivity index (χ2n) is 8.45. The first-order valence-corrected chi connectivity index (χ1v) is 10.3. The number of hydrogen-bond acceptors (Lipinski definition) is 4. The van der Waals surface area contributed by atoms with Crippen LogP contribution in [0.3, 0.4) is 0 Å². The zero-order valence-electron chi connectivity index (χ0n) is 15.9. The van der Waals surface area contributed by atoms with E-state index >= 15 is 0 Å². The number of hydrogen-bond donors (Lipinski definition) is 0. The van der Waals surface area contributed by atoms with Crippen molar-refractivity contribution in [3.8, 4) is 0 Å². The molecule has 2 heterocycles. The highest BCUT2D eigenvalue weighted by atomic mass is 79.9. The van der Waals surface area contributed by atoms with Crippen molar-refractivity contribution in [1.29, 1.82) is 0 Å². The summed E-state index contributed by atoms with van der Waals surface area (Å²) in [4.78, 5) is 18.3. The predicted octanol–water partition coefficient (Wildman–Crippen LogP) is 4.64. The van der Waals surface area contributed by atoms with Crippen molar-refractivity contribution in [3.05, 3.63) is 28.5 Å². The molecule has 1 saturated carbocycles. The third-order valence-electron chi connectivity index (χ3n) is 5.14. The van der Waals surface area contributed by atoms with Gasteiger partial charge in [-0.2, -0.15) is 0 Å². The Morgan fingerprint density at radius 2 is 2.04 bits per heavy atom. The fourth-order valence-electron chi connectivity index (χ4n) is 3.68. The van der Waals surface area contributed by atoms with Crippen LogP contribution >= 0.6 is 15.9 Å². The summed E-state index contributed by atoms with van der Waals surface area (Å²) >= 11 is 3.39. The van der Waals surface area contributed by atoms with Crippen LogP contribution < -0.4 is 0 Å². The minimum Gasteiger partial charge on any atom is -0.444 e. The van der Waals surface area contributed by atoms with Gasteiger partial charge in [-0.3, -0.25) is 4.98 Å². The number of carbonyl (C=O) groups excluding carboxylic acids is 1. The molecule has 1 aromatic rings. The summed E-state index contributed by atoms with van der Waals surface area (Å²) in [5, 5.41) is 0. The van der Waals surface area contributed by atoms with Gasteiger partial charge in [-0.05, 0) is 85.9 Å². The molecule has 2 unspecified atom stereocenters. The number of aromatic nitrogens is 1. The van der Waals surface area contributed by atoms with Crippen LogP contribution in [-0.4, -0.2) is 41.3 Å². The van der Waals surface area contributed by atoms with Gasteiger partial charge in [0, 0.05) is 23.8 Å². The second-order valence-corrected chi connectivity index (χ2v) is 9.36. The zero-order chi connectivity index (χ0) is 18.7. The molecule has 0 aromatic carbocycles. The average molecular weight is 425 g/mol. The molecule has 1 aromatic heterocycles. The number of nitrogens with zero attached hydrogens (tertiary/aromatic N) is 2. The van der Waals surface area contributed by atoms with E-state index < -0.39 is 5.60 Å². The third-order valence-corrected chi connectivity index (χ3v) is 5.61. The molecule has 144 valence electrons. The highest BCUT2D eigenvalue weighted by Crippen LogP contribution is 2.48. The van der Waals surface area contributed by atoms with Gasteiger partial charge in [-0.1, -0.05) is 0 Å². The maximum atomic E-state index is 12.1. The lowest BCUT2D eigenvalue weighted by Gasteiger charge is -2.33. The molecule has 0 N–H and O–H groups in total. The van der Waals surface area contributed by atoms with Crippen molar-refractivity contribution >= 4 is 22.0 Å². The maximum absolute atomic E-state index is 12.1. The lowest BCUT2D eigenvalue weighted by molar-refractivity contribution is 0.0170. The smallest absolute Gasteiger partial charge is 0.410 e. The molecule has 0 bridgehead atoms. The van der Waals surface area contributed by atoms with E-state index in [1.165, 1.54) is 6.42 Å². The largest absolute Gasteiger partial charge is 0.444 e. The fraction of sp³-hybridized carbons (Fsp3) is 0.700. The quantitative estimate of drug-likeness (QED) is 0.690. The van der Waals surface area contributed by atoms with Crippen molar-refractivity contribution in [1.82, 2.24) is 9.88 Å². The average Bonchev–Trinajstić information content (AvgIpc) is 3.35. The van der Waals surface area contributed by atoms with E-state index in [0.717, 1.165) is 48.6 Å². The maximum Gasteiger partial charge on any atom is 0.410 e. The second kappa shape index (κ2) is 8.26. The lowest BCUT2D eigenvalue weighted by Crippen LogP contribution is -2.42. The Balaban J connectivity index is 1.34. The van der Waals surface area contributed by atoms with Crippen molar-refractivity contribution < 1.29 is 14.3 Å². The van der Waals surface area contributed by atoms with Crippen LogP contribution in [0, 0.1) is 17.8 Å². The predicted molar refractivity (Wildman–Crippen MR) is 104 cm³/mol. The lowest BCUT2D eigenvalue weighted by atomic mass is 9.91. The highest BCUT2D eigenvalue weighted by molar-refractivity contribution is 9.10. The monoisotopic (exact) mass is 424 g/mol. The first kappa shape index (κ1) is 19.6. The summed E-state index contributed by atoms with van der Waals surface area (Å²) < 4.78 is 12.3. The SMILES string of the molecule is CC(C)(C)OC(=O)N1CCC(C2CC2COCc2ccc(Br)cn2)CC1. The van der Waals surface area contributed by atoms with Crippen molar-refractivity contribution in [3.63, 3.8) is 0 Å². The molecule has 1 aliphatic carbocycles. The first-order chi connectivity index (χ1) is 12.3. The van der Waals surface area contributed by atoms with Gasteiger partial charge in [0.2, 0.25) is 0 Å². The normalized spacial score (nSPS) is 23.8. The van der Waals surface area contributed by atoms with Crippen LogP contribution in [0.25, 0.3) is 0 Å². The molecule has 1 aliphatic heterocycles. The Labute approximate surface area is 164 Å². The van der Waals surface area contributed by atoms with Crippen molar-refractivity contribution in [2.75, 3.05) is 19.7 Å². The van der Waals surface area contributed by atoms with Crippen LogP contribution in [0.2, 0.25) is 0 Å². The molecule has 0 radical (unpaired) electrons. The number of pyridine rings is 1. The van der Waals surface area contributed by atoms with Crippen molar-refractivity contribution in [2.24, 2.45) is 17.8 Å². The van der Waals surface area contributed by atoms with Gasteiger partial charge in [0.05, 0.1) is 18.9 Å². The molecular formula is C20H29BrN2O3. The number of piperidine rings is 1. The van der Waals surface area contributed by atoms with E-state index in [4.69, 9.17) is 9.47 Å². The topological polar surface area (TPSA) is 51.7 Å². The van der Waals surface area contributed by atoms with E-state index in [1.807, 2.05) is 37.8 Å². The molecule has 1 amide bonds. The molecule has 2 fully saturated rings. The summed E-state index contributed by atoms with van der Waals surface area (Å²) in [6, 6.07) is 3.98. The molecule has 2 aliphatic rings. The van der Waals surface area contributed by atoms with E-state index in [-0.39, 0.29) is 6.09 Å². The summed E-state index contributed by atoms with van der Waals surface area (Å²) in [6.45, 7) is 8.75. The van der Waals surface area contributed by atoms with E-state index in [2.05, 4.69) is 20.9 Å². The number of halogens is 1. The molecule has 3 rings (SSSR count). The van der Waals surface area contributed by atoms with Crippen LogP contribution in [0.5, 0.6) is 0 Å². The minimum atomic E-state index is -0.420. The molecule has 0 spiro atoms. The Bertz CT molecular complexity index is 606. The highest BCUT2D eigenvalue weighted by Gasteiger charge is 2.44. The van der Waals surface area contributed by atoms with E-state index in [9.17, 15) is 4.79 Å². The molecule has 6 heteroatoms. The molecule has 2 atom stereocenters. The number of rotatable bonds is 5. The summed E-state index contributed by atoms with van der Waals surface area (Å²) in [5.41, 5.74) is 0.548. The van der Waals surface area contributed by atoms with Crippen LogP contribution in [0.1, 0.15) is 45.7 Å². The molecule has 5 nitrogen and oxygen atoms in total. The van der Waals surface area contributed by atoms with Gasteiger partial charge in [-0.25, -0.2) is 4.79 Å². The van der Waals surface area contributed by atoms with Gasteiger partial charge >= 0.3 is 6.09 Å². The number of carbonyl (C=O) groups is 1. The van der Waals surface area contributed by atoms with Gasteiger partial charge in [0.15, 0.2) is 0 Å².